The SMILES string of the molecule is COCCCNc1c(N)cccc1F. The van der Waals surface area contributed by atoms with Crippen molar-refractivity contribution < 1.29 is 9.13 Å². The van der Waals surface area contributed by atoms with Gasteiger partial charge in [-0.3, -0.25) is 0 Å². The maximum atomic E-state index is 13.2. The molecule has 0 aromatic heterocycles. The first-order valence-electron chi connectivity index (χ1n) is 4.52. The van der Waals surface area contributed by atoms with Crippen molar-refractivity contribution in [1.29, 1.82) is 0 Å². The Morgan fingerprint density at radius 2 is 2.29 bits per heavy atom. The Hall–Kier alpha value is -1.29. The Balaban J connectivity index is 2.49. The topological polar surface area (TPSA) is 47.3 Å². The molecule has 0 aliphatic carbocycles. The summed E-state index contributed by atoms with van der Waals surface area (Å²) in [5.41, 5.74) is 6.41. The summed E-state index contributed by atoms with van der Waals surface area (Å²) < 4.78 is 18.1. The van der Waals surface area contributed by atoms with Crippen molar-refractivity contribution in [2.75, 3.05) is 31.3 Å². The first-order chi connectivity index (χ1) is 6.75. The highest BCUT2D eigenvalue weighted by molar-refractivity contribution is 5.66. The quantitative estimate of drug-likeness (QED) is 0.560. The fourth-order valence-electron chi connectivity index (χ4n) is 1.16. The van der Waals surface area contributed by atoms with Gasteiger partial charge in [0.15, 0.2) is 0 Å². The van der Waals surface area contributed by atoms with E-state index in [2.05, 4.69) is 5.32 Å². The van der Waals surface area contributed by atoms with Crippen LogP contribution in [0.5, 0.6) is 0 Å². The molecule has 4 heteroatoms. The standard InChI is InChI=1S/C10H15FN2O/c1-14-7-3-6-13-10-8(11)4-2-5-9(10)12/h2,4-5,13H,3,6-7,12H2,1H3. The second-order valence-corrected chi connectivity index (χ2v) is 2.98. The molecule has 1 aromatic carbocycles. The Morgan fingerprint density at radius 1 is 1.50 bits per heavy atom. The van der Waals surface area contributed by atoms with E-state index in [1.165, 1.54) is 6.07 Å². The van der Waals surface area contributed by atoms with E-state index in [0.29, 0.717) is 24.5 Å². The molecule has 1 aromatic rings. The number of halogens is 1. The molecule has 0 aliphatic rings. The van der Waals surface area contributed by atoms with Crippen LogP contribution in [-0.4, -0.2) is 20.3 Å². The van der Waals surface area contributed by atoms with Gasteiger partial charge in [-0.1, -0.05) is 6.07 Å². The van der Waals surface area contributed by atoms with Gasteiger partial charge >= 0.3 is 0 Å². The van der Waals surface area contributed by atoms with E-state index in [1.807, 2.05) is 0 Å². The summed E-state index contributed by atoms with van der Waals surface area (Å²) in [6.45, 7) is 1.31. The number of rotatable bonds is 5. The van der Waals surface area contributed by atoms with Gasteiger partial charge in [0.05, 0.1) is 11.4 Å². The second kappa shape index (κ2) is 5.44. The lowest BCUT2D eigenvalue weighted by Crippen LogP contribution is -2.08. The summed E-state index contributed by atoms with van der Waals surface area (Å²) in [5, 5.41) is 2.94. The third kappa shape index (κ3) is 2.88. The monoisotopic (exact) mass is 198 g/mol. The number of nitrogen functional groups attached to an aromatic ring is 1. The van der Waals surface area contributed by atoms with E-state index >= 15 is 0 Å². The van der Waals surface area contributed by atoms with Crippen LogP contribution < -0.4 is 11.1 Å². The number of para-hydroxylation sites is 1. The minimum Gasteiger partial charge on any atom is -0.397 e. The van der Waals surface area contributed by atoms with Crippen LogP contribution in [0.3, 0.4) is 0 Å². The zero-order valence-electron chi connectivity index (χ0n) is 8.22. The second-order valence-electron chi connectivity index (χ2n) is 2.98. The molecular formula is C10H15FN2O. The molecule has 0 amide bonds. The smallest absolute Gasteiger partial charge is 0.148 e. The molecule has 0 heterocycles. The summed E-state index contributed by atoms with van der Waals surface area (Å²) in [6, 6.07) is 4.64. The molecule has 0 radical (unpaired) electrons. The van der Waals surface area contributed by atoms with Crippen molar-refractivity contribution in [2.45, 2.75) is 6.42 Å². The highest BCUT2D eigenvalue weighted by Crippen LogP contribution is 2.21. The van der Waals surface area contributed by atoms with E-state index in [4.69, 9.17) is 10.5 Å². The molecule has 0 bridgehead atoms. The van der Waals surface area contributed by atoms with Crippen LogP contribution in [0.15, 0.2) is 18.2 Å². The molecule has 0 atom stereocenters. The van der Waals surface area contributed by atoms with Crippen molar-refractivity contribution in [3.8, 4) is 0 Å². The fraction of sp³-hybridized carbons (Fsp3) is 0.400. The van der Waals surface area contributed by atoms with E-state index in [0.717, 1.165) is 6.42 Å². The third-order valence-corrected chi connectivity index (χ3v) is 1.87. The summed E-state index contributed by atoms with van der Waals surface area (Å²) in [6.07, 6.45) is 0.824. The molecule has 3 N–H and O–H groups in total. The minimum absolute atomic E-state index is 0.317. The number of methoxy groups -OCH3 is 1. The Morgan fingerprint density at radius 3 is 2.93 bits per heavy atom. The third-order valence-electron chi connectivity index (χ3n) is 1.87. The van der Waals surface area contributed by atoms with E-state index in [-0.39, 0.29) is 5.82 Å². The van der Waals surface area contributed by atoms with Gasteiger partial charge in [0.1, 0.15) is 5.82 Å². The Bertz CT molecular complexity index is 271. The summed E-state index contributed by atoms with van der Waals surface area (Å²) >= 11 is 0. The predicted molar refractivity (Wildman–Crippen MR) is 55.8 cm³/mol. The molecule has 0 unspecified atom stereocenters. The molecular weight excluding hydrogens is 183 g/mol. The van der Waals surface area contributed by atoms with Crippen LogP contribution in [0, 0.1) is 5.82 Å². The van der Waals surface area contributed by atoms with Crippen LogP contribution >= 0.6 is 0 Å². The van der Waals surface area contributed by atoms with E-state index in [9.17, 15) is 4.39 Å². The Kier molecular flexibility index (Phi) is 4.19. The maximum absolute atomic E-state index is 13.2. The lowest BCUT2D eigenvalue weighted by atomic mass is 10.2. The highest BCUT2D eigenvalue weighted by Gasteiger charge is 2.03. The van der Waals surface area contributed by atoms with E-state index in [1.54, 1.807) is 19.2 Å². The van der Waals surface area contributed by atoms with Crippen LogP contribution in [0.1, 0.15) is 6.42 Å². The molecule has 78 valence electrons. The first kappa shape index (κ1) is 10.8. The lowest BCUT2D eigenvalue weighted by Gasteiger charge is -2.09. The van der Waals surface area contributed by atoms with Gasteiger partial charge < -0.3 is 15.8 Å². The summed E-state index contributed by atoms with van der Waals surface area (Å²) in [7, 11) is 1.64. The number of anilines is 2. The highest BCUT2D eigenvalue weighted by atomic mass is 19.1. The van der Waals surface area contributed by atoms with Crippen molar-refractivity contribution in [2.24, 2.45) is 0 Å². The molecule has 0 aliphatic heterocycles. The van der Waals surface area contributed by atoms with E-state index < -0.39 is 0 Å². The number of ether oxygens (including phenoxy) is 1. The molecule has 0 saturated carbocycles. The van der Waals surface area contributed by atoms with Gasteiger partial charge in [0, 0.05) is 20.3 Å². The van der Waals surface area contributed by atoms with Gasteiger partial charge in [0.2, 0.25) is 0 Å². The number of hydrogen-bond donors (Lipinski definition) is 2. The maximum Gasteiger partial charge on any atom is 0.148 e. The average molecular weight is 198 g/mol. The largest absolute Gasteiger partial charge is 0.397 e. The normalized spacial score (nSPS) is 10.1. The fourth-order valence-corrected chi connectivity index (χ4v) is 1.16. The van der Waals surface area contributed by atoms with Crippen LogP contribution in [-0.2, 0) is 4.74 Å². The summed E-state index contributed by atoms with van der Waals surface area (Å²) in [4.78, 5) is 0. The zero-order valence-corrected chi connectivity index (χ0v) is 8.22. The zero-order chi connectivity index (χ0) is 10.4. The van der Waals surface area contributed by atoms with Crippen molar-refractivity contribution in [1.82, 2.24) is 0 Å². The number of nitrogens with one attached hydrogen (secondary N) is 1. The predicted octanol–water partition coefficient (Wildman–Crippen LogP) is 1.86. The molecule has 3 nitrogen and oxygen atoms in total. The van der Waals surface area contributed by atoms with Crippen molar-refractivity contribution >= 4 is 11.4 Å². The van der Waals surface area contributed by atoms with Crippen LogP contribution in [0.4, 0.5) is 15.8 Å². The number of nitrogens with two attached hydrogens (primary N) is 1. The Labute approximate surface area is 83.1 Å². The van der Waals surface area contributed by atoms with Crippen molar-refractivity contribution in [3.05, 3.63) is 24.0 Å². The lowest BCUT2D eigenvalue weighted by molar-refractivity contribution is 0.198. The van der Waals surface area contributed by atoms with Gasteiger partial charge in [-0.25, -0.2) is 4.39 Å². The number of benzene rings is 1. The molecule has 0 fully saturated rings. The van der Waals surface area contributed by atoms with Gasteiger partial charge in [-0.2, -0.15) is 0 Å². The van der Waals surface area contributed by atoms with Crippen molar-refractivity contribution in [3.63, 3.8) is 0 Å². The average Bonchev–Trinajstić information content (AvgIpc) is 2.16. The minimum atomic E-state index is -0.317. The summed E-state index contributed by atoms with van der Waals surface area (Å²) in [5.74, 6) is -0.317. The van der Waals surface area contributed by atoms with Gasteiger partial charge in [0.25, 0.3) is 0 Å². The van der Waals surface area contributed by atoms with Crippen LogP contribution in [0.25, 0.3) is 0 Å². The number of hydrogen-bond acceptors (Lipinski definition) is 3. The molecule has 1 rings (SSSR count). The molecule has 0 saturated heterocycles. The molecule has 0 spiro atoms. The van der Waals surface area contributed by atoms with Gasteiger partial charge in [-0.15, -0.1) is 0 Å². The first-order valence-corrected chi connectivity index (χ1v) is 4.52. The molecule has 14 heavy (non-hydrogen) atoms. The van der Waals surface area contributed by atoms with Crippen LogP contribution in [0.2, 0.25) is 0 Å². The van der Waals surface area contributed by atoms with Gasteiger partial charge in [-0.05, 0) is 18.6 Å².